The van der Waals surface area contributed by atoms with Crippen molar-refractivity contribution in [3.63, 3.8) is 0 Å². The van der Waals surface area contributed by atoms with E-state index < -0.39 is 0 Å². The number of nitrogens with zero attached hydrogens (tertiary/aromatic N) is 4. The van der Waals surface area contributed by atoms with Crippen LogP contribution in [-0.4, -0.2) is 25.3 Å². The van der Waals surface area contributed by atoms with E-state index in [-0.39, 0.29) is 17.7 Å². The van der Waals surface area contributed by atoms with Gasteiger partial charge in [-0.25, -0.2) is 9.97 Å². The molecule has 3 heterocycles. The quantitative estimate of drug-likeness (QED) is 0.406. The number of halogens is 1. The van der Waals surface area contributed by atoms with Crippen LogP contribution in [0.15, 0.2) is 61.1 Å². The molecule has 0 radical (unpaired) electrons. The molecule has 33 heavy (non-hydrogen) atoms. The molecule has 0 bridgehead atoms. The molecule has 2 aliphatic carbocycles. The van der Waals surface area contributed by atoms with Gasteiger partial charge in [0.05, 0.1) is 12.2 Å². The van der Waals surface area contributed by atoms with Crippen molar-refractivity contribution in [3.05, 3.63) is 82.9 Å². The second-order valence-electron chi connectivity index (χ2n) is 8.85. The molecule has 2 atom stereocenters. The van der Waals surface area contributed by atoms with Crippen molar-refractivity contribution in [1.29, 1.82) is 0 Å². The van der Waals surface area contributed by atoms with E-state index in [1.165, 1.54) is 18.4 Å². The maximum Gasteiger partial charge on any atom is 0.229 e. The first-order chi connectivity index (χ1) is 16.1. The summed E-state index contributed by atoms with van der Waals surface area (Å²) in [6, 6.07) is 13.6. The van der Waals surface area contributed by atoms with Gasteiger partial charge in [-0.05, 0) is 66.5 Å². The van der Waals surface area contributed by atoms with Crippen molar-refractivity contribution >= 4 is 34.9 Å². The van der Waals surface area contributed by atoms with Gasteiger partial charge in [0.1, 0.15) is 11.5 Å². The molecule has 4 aromatic rings. The predicted octanol–water partition coefficient (Wildman–Crippen LogP) is 5.01. The molecular weight excluding hydrogens is 436 g/mol. The molecule has 2 fully saturated rings. The van der Waals surface area contributed by atoms with Crippen LogP contribution in [0.5, 0.6) is 0 Å². The first-order valence-corrected chi connectivity index (χ1v) is 11.6. The lowest BCUT2D eigenvalue weighted by molar-refractivity contribution is -0.117. The highest BCUT2D eigenvalue weighted by atomic mass is 35.5. The number of fused-ring (bicyclic) bond motifs is 1. The highest BCUT2D eigenvalue weighted by Crippen LogP contribution is 2.48. The zero-order valence-corrected chi connectivity index (χ0v) is 18.7. The van der Waals surface area contributed by atoms with Crippen LogP contribution >= 0.6 is 11.6 Å². The molecule has 0 aliphatic heterocycles. The number of imidazole rings is 1. The Balaban J connectivity index is 1.08. The van der Waals surface area contributed by atoms with E-state index in [9.17, 15) is 4.79 Å². The third-order valence-electron chi connectivity index (χ3n) is 6.31. The summed E-state index contributed by atoms with van der Waals surface area (Å²) in [5.41, 5.74) is 4.31. The number of rotatable bonds is 7. The fourth-order valence-corrected chi connectivity index (χ4v) is 4.50. The van der Waals surface area contributed by atoms with Crippen LogP contribution in [0.2, 0.25) is 5.02 Å². The molecule has 2 unspecified atom stereocenters. The first-order valence-electron chi connectivity index (χ1n) is 11.2. The lowest BCUT2D eigenvalue weighted by Crippen LogP contribution is -2.16. The SMILES string of the molecule is O=C(Nc1ccnc(NCc2cn3cc(C4CC4)ccc3n2)n1)C1CC1c1cccc(Cl)c1. The van der Waals surface area contributed by atoms with Gasteiger partial charge in [0.15, 0.2) is 0 Å². The first kappa shape index (κ1) is 20.2. The average molecular weight is 459 g/mol. The van der Waals surface area contributed by atoms with E-state index in [0.29, 0.717) is 29.3 Å². The summed E-state index contributed by atoms with van der Waals surface area (Å²) in [6.45, 7) is 0.497. The number of nitrogens with one attached hydrogen (secondary N) is 2. The van der Waals surface area contributed by atoms with Crippen molar-refractivity contribution in [1.82, 2.24) is 19.4 Å². The van der Waals surface area contributed by atoms with Crippen LogP contribution in [-0.2, 0) is 11.3 Å². The number of anilines is 2. The summed E-state index contributed by atoms with van der Waals surface area (Å²) in [7, 11) is 0. The van der Waals surface area contributed by atoms with Gasteiger partial charge >= 0.3 is 0 Å². The van der Waals surface area contributed by atoms with Gasteiger partial charge in [-0.1, -0.05) is 29.8 Å². The molecule has 2 aliphatic rings. The van der Waals surface area contributed by atoms with E-state index >= 15 is 0 Å². The number of amides is 1. The van der Waals surface area contributed by atoms with Gasteiger partial charge in [0.25, 0.3) is 0 Å². The van der Waals surface area contributed by atoms with Gasteiger partial charge in [-0.3, -0.25) is 4.79 Å². The van der Waals surface area contributed by atoms with Gasteiger partial charge < -0.3 is 15.0 Å². The monoisotopic (exact) mass is 458 g/mol. The third kappa shape index (κ3) is 4.41. The fraction of sp³-hybridized carbons (Fsp3) is 0.280. The summed E-state index contributed by atoms with van der Waals surface area (Å²) in [5.74, 6) is 1.76. The fourth-order valence-electron chi connectivity index (χ4n) is 4.30. The lowest BCUT2D eigenvalue weighted by atomic mass is 10.1. The smallest absolute Gasteiger partial charge is 0.229 e. The Morgan fingerprint density at radius 2 is 2.00 bits per heavy atom. The summed E-state index contributed by atoms with van der Waals surface area (Å²) in [5, 5.41) is 6.82. The van der Waals surface area contributed by atoms with E-state index in [1.807, 2.05) is 30.5 Å². The van der Waals surface area contributed by atoms with Crippen molar-refractivity contribution in [2.75, 3.05) is 10.6 Å². The van der Waals surface area contributed by atoms with Crippen LogP contribution in [0.3, 0.4) is 0 Å². The summed E-state index contributed by atoms with van der Waals surface area (Å²) < 4.78 is 2.08. The van der Waals surface area contributed by atoms with Crippen molar-refractivity contribution in [2.24, 2.45) is 5.92 Å². The Morgan fingerprint density at radius 3 is 2.85 bits per heavy atom. The van der Waals surface area contributed by atoms with Gasteiger partial charge in [0, 0.05) is 29.5 Å². The average Bonchev–Trinajstić information content (AvgIpc) is 3.74. The van der Waals surface area contributed by atoms with Gasteiger partial charge in [-0.15, -0.1) is 0 Å². The highest BCUT2D eigenvalue weighted by Gasteiger charge is 2.44. The minimum atomic E-state index is -0.0617. The Morgan fingerprint density at radius 1 is 1.09 bits per heavy atom. The highest BCUT2D eigenvalue weighted by molar-refractivity contribution is 6.30. The molecular formula is C25H23ClN6O. The maximum atomic E-state index is 12.7. The zero-order chi connectivity index (χ0) is 22.4. The topological polar surface area (TPSA) is 84.2 Å². The Bertz CT molecular complexity index is 1350. The van der Waals surface area contributed by atoms with Crippen LogP contribution < -0.4 is 10.6 Å². The Hall–Kier alpha value is -3.45. The van der Waals surface area contributed by atoms with Gasteiger partial charge in [0.2, 0.25) is 11.9 Å². The molecule has 2 N–H and O–H groups in total. The van der Waals surface area contributed by atoms with Gasteiger partial charge in [-0.2, -0.15) is 4.98 Å². The van der Waals surface area contributed by atoms with Crippen molar-refractivity contribution < 1.29 is 4.79 Å². The normalized spacial score (nSPS) is 19.4. The Labute approximate surface area is 196 Å². The molecule has 8 heteroatoms. The number of carbonyl (C=O) groups is 1. The molecule has 1 aromatic carbocycles. The second-order valence-corrected chi connectivity index (χ2v) is 9.28. The molecule has 1 amide bonds. The number of hydrogen-bond acceptors (Lipinski definition) is 5. The van der Waals surface area contributed by atoms with E-state index in [0.717, 1.165) is 23.3 Å². The third-order valence-corrected chi connectivity index (χ3v) is 6.55. The number of hydrogen-bond donors (Lipinski definition) is 2. The minimum Gasteiger partial charge on any atom is -0.348 e. The summed E-state index contributed by atoms with van der Waals surface area (Å²) in [6.07, 6.45) is 9.21. The minimum absolute atomic E-state index is 0.0311. The van der Waals surface area contributed by atoms with E-state index in [4.69, 9.17) is 11.6 Å². The van der Waals surface area contributed by atoms with Crippen molar-refractivity contribution in [2.45, 2.75) is 37.6 Å². The summed E-state index contributed by atoms with van der Waals surface area (Å²) >= 11 is 6.08. The lowest BCUT2D eigenvalue weighted by Gasteiger charge is -2.07. The Kier molecular flexibility index (Phi) is 4.99. The molecule has 6 rings (SSSR count). The largest absolute Gasteiger partial charge is 0.348 e. The zero-order valence-electron chi connectivity index (χ0n) is 17.9. The molecule has 3 aromatic heterocycles. The number of benzene rings is 1. The summed E-state index contributed by atoms with van der Waals surface area (Å²) in [4.78, 5) is 26.0. The molecule has 7 nitrogen and oxygen atoms in total. The van der Waals surface area contributed by atoms with Crippen LogP contribution in [0.25, 0.3) is 5.65 Å². The van der Waals surface area contributed by atoms with Crippen molar-refractivity contribution in [3.8, 4) is 0 Å². The van der Waals surface area contributed by atoms with E-state index in [1.54, 1.807) is 12.3 Å². The molecule has 166 valence electrons. The number of aromatic nitrogens is 4. The maximum absolute atomic E-state index is 12.7. The predicted molar refractivity (Wildman–Crippen MR) is 127 cm³/mol. The standard InChI is InChI=1S/C25H23ClN6O/c26-18-3-1-2-16(10-18)20-11-21(20)24(33)30-22-8-9-27-25(31-22)28-12-19-14-32-13-17(15-4-5-15)6-7-23(32)29-19/h1-3,6-10,13-15,20-21H,4-5,11-12H2,(H2,27,28,30,31,33). The molecule has 0 saturated heterocycles. The number of pyridine rings is 1. The van der Waals surface area contributed by atoms with E-state index in [2.05, 4.69) is 48.3 Å². The molecule has 0 spiro atoms. The molecule has 2 saturated carbocycles. The number of carbonyl (C=O) groups excluding carboxylic acids is 1. The van der Waals surface area contributed by atoms with Crippen LogP contribution in [0.1, 0.15) is 47.9 Å². The van der Waals surface area contributed by atoms with Crippen LogP contribution in [0, 0.1) is 5.92 Å². The van der Waals surface area contributed by atoms with Crippen LogP contribution in [0.4, 0.5) is 11.8 Å². The second kappa shape index (κ2) is 8.15.